The Morgan fingerprint density at radius 1 is 1.14 bits per heavy atom. The maximum Gasteiger partial charge on any atom is 0.158 e. The molecule has 0 amide bonds. The van der Waals surface area contributed by atoms with Crippen LogP contribution in [0.4, 0.5) is 0 Å². The van der Waals surface area contributed by atoms with Crippen LogP contribution >= 0.6 is 22.7 Å². The van der Waals surface area contributed by atoms with Crippen LogP contribution in [-0.4, -0.2) is 16.7 Å². The number of nitrogens with zero attached hydrogens (tertiary/aromatic N) is 2. The first-order valence-corrected chi connectivity index (χ1v) is 8.65. The Morgan fingerprint density at radius 3 is 2.62 bits per heavy atom. The fraction of sp³-hybridized carbons (Fsp3) is 0.250. The fourth-order valence-corrected chi connectivity index (χ4v) is 4.26. The summed E-state index contributed by atoms with van der Waals surface area (Å²) in [6, 6.07) is 12.7. The second-order valence-corrected chi connectivity index (χ2v) is 6.70. The lowest BCUT2D eigenvalue weighted by Gasteiger charge is -2.14. The normalized spacial score (nSPS) is 12.5. The van der Waals surface area contributed by atoms with Crippen molar-refractivity contribution in [3.63, 3.8) is 0 Å². The lowest BCUT2D eigenvalue weighted by Crippen LogP contribution is -2.21. The molecule has 0 aliphatic carbocycles. The Morgan fingerprint density at radius 2 is 1.95 bits per heavy atom. The highest BCUT2D eigenvalue weighted by Gasteiger charge is 2.19. The van der Waals surface area contributed by atoms with Crippen molar-refractivity contribution in [1.29, 1.82) is 0 Å². The minimum atomic E-state index is 0.114. The monoisotopic (exact) mass is 315 g/mol. The van der Waals surface area contributed by atoms with E-state index in [1.807, 2.05) is 6.07 Å². The zero-order chi connectivity index (χ0) is 14.7. The molecule has 1 atom stereocenters. The summed E-state index contributed by atoms with van der Waals surface area (Å²) >= 11 is 3.40. The third kappa shape index (κ3) is 3.05. The molecule has 0 radical (unpaired) electrons. The predicted octanol–water partition coefficient (Wildman–Crippen LogP) is 4.27. The minimum Gasteiger partial charge on any atom is -0.304 e. The van der Waals surface area contributed by atoms with Crippen LogP contribution in [-0.2, 0) is 0 Å². The molecule has 2 aromatic heterocycles. The number of thiophene rings is 1. The van der Waals surface area contributed by atoms with E-state index in [1.54, 1.807) is 22.7 Å². The number of nitrogens with one attached hydrogen (secondary N) is 1. The third-order valence-corrected chi connectivity index (χ3v) is 5.44. The average molecular weight is 315 g/mol. The van der Waals surface area contributed by atoms with Crippen molar-refractivity contribution < 1.29 is 0 Å². The zero-order valence-electron chi connectivity index (χ0n) is 12.0. The van der Waals surface area contributed by atoms with Crippen LogP contribution < -0.4 is 5.32 Å². The summed E-state index contributed by atoms with van der Waals surface area (Å²) in [5.74, 6) is 0. The number of aromatic nitrogens is 2. The van der Waals surface area contributed by atoms with Crippen molar-refractivity contribution in [3.05, 3.63) is 57.9 Å². The smallest absolute Gasteiger partial charge is 0.158 e. The van der Waals surface area contributed by atoms with Gasteiger partial charge in [-0.05, 0) is 36.0 Å². The van der Waals surface area contributed by atoms with E-state index in [2.05, 4.69) is 65.1 Å². The summed E-state index contributed by atoms with van der Waals surface area (Å²) in [4.78, 5) is 1.22. The number of hydrogen-bond acceptors (Lipinski definition) is 5. The minimum absolute atomic E-state index is 0.114. The van der Waals surface area contributed by atoms with Crippen molar-refractivity contribution in [2.75, 3.05) is 6.54 Å². The van der Waals surface area contributed by atoms with Gasteiger partial charge in [0.1, 0.15) is 5.01 Å². The molecule has 1 aromatic carbocycles. The van der Waals surface area contributed by atoms with Gasteiger partial charge in [-0.1, -0.05) is 48.6 Å². The lowest BCUT2D eigenvalue weighted by atomic mass is 10.1. The van der Waals surface area contributed by atoms with Crippen LogP contribution in [0.15, 0.2) is 41.8 Å². The summed E-state index contributed by atoms with van der Waals surface area (Å²) < 4.78 is 0. The van der Waals surface area contributed by atoms with E-state index in [4.69, 9.17) is 0 Å². The molecule has 0 fully saturated rings. The number of benzene rings is 1. The molecule has 2 heterocycles. The first-order valence-electron chi connectivity index (χ1n) is 6.95. The first kappa shape index (κ1) is 14.4. The van der Waals surface area contributed by atoms with Gasteiger partial charge in [-0.25, -0.2) is 0 Å². The number of rotatable bonds is 5. The van der Waals surface area contributed by atoms with Gasteiger partial charge in [0, 0.05) is 0 Å². The Labute approximate surface area is 132 Å². The highest BCUT2D eigenvalue weighted by Crippen LogP contribution is 2.34. The van der Waals surface area contributed by atoms with Gasteiger partial charge in [-0.2, -0.15) is 0 Å². The molecule has 0 aliphatic rings. The zero-order valence-corrected chi connectivity index (χ0v) is 13.7. The molecule has 108 valence electrons. The van der Waals surface area contributed by atoms with E-state index in [-0.39, 0.29) is 6.04 Å². The highest BCUT2D eigenvalue weighted by atomic mass is 32.1. The molecule has 0 spiro atoms. The van der Waals surface area contributed by atoms with E-state index in [0.29, 0.717) is 0 Å². The van der Waals surface area contributed by atoms with E-state index in [0.717, 1.165) is 16.6 Å². The summed E-state index contributed by atoms with van der Waals surface area (Å²) in [7, 11) is 0. The van der Waals surface area contributed by atoms with Crippen LogP contribution in [0.5, 0.6) is 0 Å². The molecular weight excluding hydrogens is 298 g/mol. The van der Waals surface area contributed by atoms with Gasteiger partial charge in [0.2, 0.25) is 0 Å². The summed E-state index contributed by atoms with van der Waals surface area (Å²) in [5, 5.41) is 16.4. The first-order chi connectivity index (χ1) is 10.3. The van der Waals surface area contributed by atoms with Gasteiger partial charge in [0.05, 0.1) is 10.9 Å². The predicted molar refractivity (Wildman–Crippen MR) is 89.9 cm³/mol. The topological polar surface area (TPSA) is 37.8 Å². The van der Waals surface area contributed by atoms with E-state index in [1.165, 1.54) is 16.0 Å². The Kier molecular flexibility index (Phi) is 4.43. The summed E-state index contributed by atoms with van der Waals surface area (Å²) in [6.45, 7) is 5.12. The van der Waals surface area contributed by atoms with Crippen molar-refractivity contribution in [2.24, 2.45) is 0 Å². The quantitative estimate of drug-likeness (QED) is 0.764. The van der Waals surface area contributed by atoms with Crippen molar-refractivity contribution in [3.8, 4) is 9.88 Å². The average Bonchev–Trinajstić information content (AvgIpc) is 3.14. The third-order valence-electron chi connectivity index (χ3n) is 3.29. The lowest BCUT2D eigenvalue weighted by molar-refractivity contribution is 0.621. The molecule has 0 aliphatic heterocycles. The molecule has 21 heavy (non-hydrogen) atoms. The largest absolute Gasteiger partial charge is 0.304 e. The van der Waals surface area contributed by atoms with E-state index < -0.39 is 0 Å². The Balaban J connectivity index is 1.94. The molecule has 5 heteroatoms. The Bertz CT molecular complexity index is 703. The highest BCUT2D eigenvalue weighted by molar-refractivity contribution is 7.21. The van der Waals surface area contributed by atoms with Gasteiger partial charge < -0.3 is 5.32 Å². The summed E-state index contributed by atoms with van der Waals surface area (Å²) in [5.41, 5.74) is 2.49. The van der Waals surface area contributed by atoms with Gasteiger partial charge >= 0.3 is 0 Å². The van der Waals surface area contributed by atoms with Crippen molar-refractivity contribution in [1.82, 2.24) is 15.5 Å². The van der Waals surface area contributed by atoms with Crippen LogP contribution in [0.25, 0.3) is 9.88 Å². The molecule has 0 saturated carbocycles. The Hall–Kier alpha value is -1.56. The van der Waals surface area contributed by atoms with Crippen LogP contribution in [0, 0.1) is 6.92 Å². The van der Waals surface area contributed by atoms with E-state index in [9.17, 15) is 0 Å². The molecule has 3 aromatic rings. The molecule has 3 nitrogen and oxygen atoms in total. The molecule has 1 unspecified atom stereocenters. The second kappa shape index (κ2) is 6.47. The molecular formula is C16H17N3S2. The van der Waals surface area contributed by atoms with Gasteiger partial charge in [-0.15, -0.1) is 21.5 Å². The van der Waals surface area contributed by atoms with Crippen molar-refractivity contribution >= 4 is 22.7 Å². The maximum atomic E-state index is 4.42. The van der Waals surface area contributed by atoms with Gasteiger partial charge in [0.25, 0.3) is 0 Å². The molecule has 0 bridgehead atoms. The number of hydrogen-bond donors (Lipinski definition) is 1. The molecule has 1 N–H and O–H groups in total. The molecule has 0 saturated heterocycles. The standard InChI is InChI=1S/C16H17N3S2/c1-3-17-13(12-7-5-4-6-8-12)15-18-19-16(21-15)14-11(2)9-10-20-14/h4-10,13,17H,3H2,1-2H3. The van der Waals surface area contributed by atoms with Crippen LogP contribution in [0.1, 0.15) is 29.1 Å². The van der Waals surface area contributed by atoms with Crippen LogP contribution in [0.2, 0.25) is 0 Å². The van der Waals surface area contributed by atoms with Gasteiger partial charge in [0.15, 0.2) is 5.01 Å². The summed E-state index contributed by atoms with van der Waals surface area (Å²) in [6.07, 6.45) is 0. The SMILES string of the molecule is CCNC(c1ccccc1)c1nnc(-c2sccc2C)s1. The van der Waals surface area contributed by atoms with E-state index >= 15 is 0 Å². The van der Waals surface area contributed by atoms with Gasteiger partial charge in [-0.3, -0.25) is 0 Å². The molecule has 3 rings (SSSR count). The van der Waals surface area contributed by atoms with Crippen LogP contribution in [0.3, 0.4) is 0 Å². The maximum absolute atomic E-state index is 4.42. The van der Waals surface area contributed by atoms with Crippen molar-refractivity contribution in [2.45, 2.75) is 19.9 Å². The fourth-order valence-electron chi connectivity index (χ4n) is 2.23. The number of aryl methyl sites for hydroxylation is 1. The second-order valence-electron chi connectivity index (χ2n) is 4.78.